The Morgan fingerprint density at radius 2 is 2.06 bits per heavy atom. The quantitative estimate of drug-likeness (QED) is 0.774. The van der Waals surface area contributed by atoms with Crippen molar-refractivity contribution >= 4 is 5.91 Å². The Labute approximate surface area is 95.2 Å². The van der Waals surface area contributed by atoms with Gasteiger partial charge in [0.15, 0.2) is 0 Å². The van der Waals surface area contributed by atoms with Crippen LogP contribution in [0.2, 0.25) is 0 Å². The molecule has 1 unspecified atom stereocenters. The van der Waals surface area contributed by atoms with E-state index in [9.17, 15) is 4.79 Å². The number of carbonyl (C=O) groups excluding carboxylic acids is 1. The van der Waals surface area contributed by atoms with Crippen LogP contribution in [0, 0.1) is 0 Å². The number of rotatable bonds is 5. The molecule has 4 heteroatoms. The molecule has 0 saturated heterocycles. The lowest BCUT2D eigenvalue weighted by molar-refractivity contribution is -0.119. The molecule has 1 aromatic carbocycles. The summed E-state index contributed by atoms with van der Waals surface area (Å²) < 4.78 is 5.05. The number of methoxy groups -OCH3 is 1. The molecule has 4 nitrogen and oxygen atoms in total. The van der Waals surface area contributed by atoms with E-state index in [-0.39, 0.29) is 18.6 Å². The first-order chi connectivity index (χ1) is 7.65. The van der Waals surface area contributed by atoms with Crippen molar-refractivity contribution in [2.45, 2.75) is 19.4 Å². The van der Waals surface area contributed by atoms with Gasteiger partial charge < -0.3 is 15.2 Å². The highest BCUT2D eigenvalue weighted by Gasteiger charge is 2.09. The van der Waals surface area contributed by atoms with Crippen LogP contribution in [-0.2, 0) is 11.2 Å². The smallest absolute Gasteiger partial charge is 0.217 e. The van der Waals surface area contributed by atoms with Crippen molar-refractivity contribution < 1.29 is 14.6 Å². The number of aliphatic hydroxyl groups is 1. The van der Waals surface area contributed by atoms with Gasteiger partial charge in [-0.2, -0.15) is 0 Å². The zero-order valence-electron chi connectivity index (χ0n) is 9.56. The Morgan fingerprint density at radius 1 is 1.44 bits per heavy atom. The lowest BCUT2D eigenvalue weighted by atomic mass is 10.1. The van der Waals surface area contributed by atoms with Crippen LogP contribution in [0.3, 0.4) is 0 Å². The molecule has 1 amide bonds. The summed E-state index contributed by atoms with van der Waals surface area (Å²) in [6, 6.07) is 7.33. The Hall–Kier alpha value is -1.55. The van der Waals surface area contributed by atoms with Crippen molar-refractivity contribution in [3.63, 3.8) is 0 Å². The molecule has 0 fully saturated rings. The number of ether oxygens (including phenoxy) is 1. The van der Waals surface area contributed by atoms with Gasteiger partial charge in [-0.15, -0.1) is 0 Å². The molecular weight excluding hydrogens is 206 g/mol. The summed E-state index contributed by atoms with van der Waals surface area (Å²) in [7, 11) is 1.61. The van der Waals surface area contributed by atoms with Gasteiger partial charge in [0.25, 0.3) is 0 Å². The Morgan fingerprint density at radius 3 is 2.50 bits per heavy atom. The monoisotopic (exact) mass is 223 g/mol. The molecule has 1 rings (SSSR count). The molecule has 0 bridgehead atoms. The van der Waals surface area contributed by atoms with Gasteiger partial charge >= 0.3 is 0 Å². The highest BCUT2D eigenvalue weighted by molar-refractivity contribution is 5.73. The average Bonchev–Trinajstić information content (AvgIpc) is 2.28. The first kappa shape index (κ1) is 12.5. The van der Waals surface area contributed by atoms with Crippen molar-refractivity contribution in [3.8, 4) is 5.75 Å². The molecule has 0 aliphatic heterocycles. The van der Waals surface area contributed by atoms with E-state index in [1.807, 2.05) is 24.3 Å². The van der Waals surface area contributed by atoms with E-state index in [1.165, 1.54) is 6.92 Å². The second-order valence-corrected chi connectivity index (χ2v) is 3.63. The van der Waals surface area contributed by atoms with Gasteiger partial charge in [0, 0.05) is 6.92 Å². The number of benzene rings is 1. The summed E-state index contributed by atoms with van der Waals surface area (Å²) in [5.74, 6) is 0.663. The van der Waals surface area contributed by atoms with Crippen LogP contribution in [0.25, 0.3) is 0 Å². The van der Waals surface area contributed by atoms with Gasteiger partial charge in [0.05, 0.1) is 19.8 Å². The third-order valence-corrected chi connectivity index (χ3v) is 2.27. The molecule has 1 atom stereocenters. The van der Waals surface area contributed by atoms with Crippen LogP contribution in [0.1, 0.15) is 12.5 Å². The van der Waals surface area contributed by atoms with Crippen molar-refractivity contribution in [2.24, 2.45) is 0 Å². The van der Waals surface area contributed by atoms with Gasteiger partial charge in [-0.1, -0.05) is 12.1 Å². The highest BCUT2D eigenvalue weighted by atomic mass is 16.5. The summed E-state index contributed by atoms with van der Waals surface area (Å²) in [6.45, 7) is 1.38. The second-order valence-electron chi connectivity index (χ2n) is 3.63. The second kappa shape index (κ2) is 6.12. The van der Waals surface area contributed by atoms with Crippen LogP contribution in [-0.4, -0.2) is 30.8 Å². The van der Waals surface area contributed by atoms with E-state index in [4.69, 9.17) is 9.84 Å². The van der Waals surface area contributed by atoms with Crippen molar-refractivity contribution in [1.82, 2.24) is 5.32 Å². The number of hydrogen-bond donors (Lipinski definition) is 2. The molecule has 88 valence electrons. The zero-order valence-corrected chi connectivity index (χ0v) is 9.56. The summed E-state index contributed by atoms with van der Waals surface area (Å²) in [5.41, 5.74) is 1.05. The first-order valence-corrected chi connectivity index (χ1v) is 5.16. The molecule has 0 spiro atoms. The van der Waals surface area contributed by atoms with E-state index in [2.05, 4.69) is 5.32 Å². The van der Waals surface area contributed by atoms with E-state index in [1.54, 1.807) is 7.11 Å². The third kappa shape index (κ3) is 3.90. The minimum absolute atomic E-state index is 0.0639. The van der Waals surface area contributed by atoms with Gasteiger partial charge in [-0.3, -0.25) is 4.79 Å². The highest BCUT2D eigenvalue weighted by Crippen LogP contribution is 2.12. The maximum Gasteiger partial charge on any atom is 0.217 e. The molecule has 0 aliphatic carbocycles. The Balaban J connectivity index is 2.59. The van der Waals surface area contributed by atoms with E-state index in [0.29, 0.717) is 6.42 Å². The fourth-order valence-corrected chi connectivity index (χ4v) is 1.49. The van der Waals surface area contributed by atoms with E-state index in [0.717, 1.165) is 11.3 Å². The normalized spacial score (nSPS) is 11.9. The molecule has 0 aromatic heterocycles. The van der Waals surface area contributed by atoms with Gasteiger partial charge in [0.2, 0.25) is 5.91 Å². The van der Waals surface area contributed by atoms with Crippen LogP contribution in [0.4, 0.5) is 0 Å². The first-order valence-electron chi connectivity index (χ1n) is 5.16. The van der Waals surface area contributed by atoms with Crippen molar-refractivity contribution in [3.05, 3.63) is 29.8 Å². The summed E-state index contributed by atoms with van der Waals surface area (Å²) in [5, 5.41) is 11.8. The lowest BCUT2D eigenvalue weighted by Gasteiger charge is -2.15. The summed E-state index contributed by atoms with van der Waals surface area (Å²) in [6.07, 6.45) is 0.611. The number of aliphatic hydroxyl groups excluding tert-OH is 1. The fraction of sp³-hybridized carbons (Fsp3) is 0.417. The van der Waals surface area contributed by atoms with Crippen LogP contribution in [0.5, 0.6) is 5.75 Å². The maximum absolute atomic E-state index is 10.9. The predicted molar refractivity (Wildman–Crippen MR) is 61.4 cm³/mol. The largest absolute Gasteiger partial charge is 0.497 e. The van der Waals surface area contributed by atoms with Gasteiger partial charge in [0.1, 0.15) is 5.75 Å². The Kier molecular flexibility index (Phi) is 4.79. The van der Waals surface area contributed by atoms with E-state index < -0.39 is 0 Å². The summed E-state index contributed by atoms with van der Waals surface area (Å²) >= 11 is 0. The molecule has 0 heterocycles. The SMILES string of the molecule is COc1ccc(CC(CO)NC(C)=O)cc1. The predicted octanol–water partition coefficient (Wildman–Crippen LogP) is 0.735. The minimum atomic E-state index is -0.231. The molecular formula is C12H17NO3. The number of amides is 1. The van der Waals surface area contributed by atoms with Crippen LogP contribution >= 0.6 is 0 Å². The molecule has 16 heavy (non-hydrogen) atoms. The van der Waals surface area contributed by atoms with Crippen LogP contribution in [0.15, 0.2) is 24.3 Å². The molecule has 0 saturated carbocycles. The topological polar surface area (TPSA) is 58.6 Å². The molecule has 0 radical (unpaired) electrons. The zero-order chi connectivity index (χ0) is 12.0. The molecule has 0 aliphatic rings. The molecule has 2 N–H and O–H groups in total. The number of carbonyl (C=O) groups is 1. The van der Waals surface area contributed by atoms with Crippen molar-refractivity contribution in [1.29, 1.82) is 0 Å². The fourth-order valence-electron chi connectivity index (χ4n) is 1.49. The van der Waals surface area contributed by atoms with Gasteiger partial charge in [-0.05, 0) is 24.1 Å². The average molecular weight is 223 g/mol. The van der Waals surface area contributed by atoms with Gasteiger partial charge in [-0.25, -0.2) is 0 Å². The third-order valence-electron chi connectivity index (χ3n) is 2.27. The number of hydrogen-bond acceptors (Lipinski definition) is 3. The molecule has 1 aromatic rings. The number of nitrogens with one attached hydrogen (secondary N) is 1. The summed E-state index contributed by atoms with van der Waals surface area (Å²) in [4.78, 5) is 10.9. The lowest BCUT2D eigenvalue weighted by Crippen LogP contribution is -2.37. The minimum Gasteiger partial charge on any atom is -0.497 e. The standard InChI is InChI=1S/C12H17NO3/c1-9(15)13-11(8-14)7-10-3-5-12(16-2)6-4-10/h3-6,11,14H,7-8H2,1-2H3,(H,13,15). The van der Waals surface area contributed by atoms with Crippen molar-refractivity contribution in [2.75, 3.05) is 13.7 Å². The van der Waals surface area contributed by atoms with E-state index >= 15 is 0 Å². The van der Waals surface area contributed by atoms with Crippen LogP contribution < -0.4 is 10.1 Å². The maximum atomic E-state index is 10.9. The Bertz CT molecular complexity index is 335.